The van der Waals surface area contributed by atoms with E-state index >= 15 is 0 Å². The summed E-state index contributed by atoms with van der Waals surface area (Å²) >= 11 is 0. The summed E-state index contributed by atoms with van der Waals surface area (Å²) in [6, 6.07) is 6.62. The number of aromatic nitrogens is 1. The molecule has 2 N–H and O–H groups in total. The molecule has 0 spiro atoms. The van der Waals surface area contributed by atoms with Crippen molar-refractivity contribution in [1.82, 2.24) is 5.16 Å². The standard InChI is InChI=1S/C17H23N3O4/c1-5-22-13-7-8-15(23-6-2)14(10-13)18-12(4)17(21)19-16-9-11(3)20-24-16/h7-10,12,18H,5-6H2,1-4H3,(H,19,21)/t12-/m1/s1. The quantitative estimate of drug-likeness (QED) is 0.771. The number of rotatable bonds is 8. The van der Waals surface area contributed by atoms with Crippen LogP contribution in [0.2, 0.25) is 0 Å². The molecule has 0 bridgehead atoms. The van der Waals surface area contributed by atoms with Crippen LogP contribution in [0.3, 0.4) is 0 Å². The van der Waals surface area contributed by atoms with Gasteiger partial charge in [0.05, 0.1) is 24.6 Å². The molecule has 1 atom stereocenters. The van der Waals surface area contributed by atoms with E-state index in [1.54, 1.807) is 19.9 Å². The van der Waals surface area contributed by atoms with Crippen LogP contribution in [0.25, 0.3) is 0 Å². The minimum atomic E-state index is -0.508. The van der Waals surface area contributed by atoms with Crippen LogP contribution in [0.5, 0.6) is 11.5 Å². The van der Waals surface area contributed by atoms with Crippen molar-refractivity contribution in [3.8, 4) is 11.5 Å². The van der Waals surface area contributed by atoms with Gasteiger partial charge in [0.15, 0.2) is 0 Å². The Bertz CT molecular complexity index is 684. The Morgan fingerprint density at radius 2 is 2.00 bits per heavy atom. The van der Waals surface area contributed by atoms with E-state index in [1.165, 1.54) is 0 Å². The third-order valence-electron chi connectivity index (χ3n) is 3.20. The lowest BCUT2D eigenvalue weighted by molar-refractivity contribution is -0.116. The highest BCUT2D eigenvalue weighted by molar-refractivity contribution is 5.95. The van der Waals surface area contributed by atoms with Gasteiger partial charge in [-0.25, -0.2) is 0 Å². The molecule has 0 unspecified atom stereocenters. The third-order valence-corrected chi connectivity index (χ3v) is 3.20. The lowest BCUT2D eigenvalue weighted by Gasteiger charge is -2.18. The van der Waals surface area contributed by atoms with Crippen LogP contribution in [0, 0.1) is 6.92 Å². The van der Waals surface area contributed by atoms with Crippen molar-refractivity contribution in [1.29, 1.82) is 0 Å². The first kappa shape index (κ1) is 17.7. The van der Waals surface area contributed by atoms with Crippen LogP contribution in [0.15, 0.2) is 28.8 Å². The average molecular weight is 333 g/mol. The Morgan fingerprint density at radius 3 is 2.62 bits per heavy atom. The van der Waals surface area contributed by atoms with Gasteiger partial charge in [-0.15, -0.1) is 0 Å². The van der Waals surface area contributed by atoms with E-state index in [0.29, 0.717) is 42.0 Å². The molecule has 130 valence electrons. The maximum Gasteiger partial charge on any atom is 0.248 e. The Hall–Kier alpha value is -2.70. The molecule has 7 heteroatoms. The topological polar surface area (TPSA) is 85.6 Å². The van der Waals surface area contributed by atoms with Crippen molar-refractivity contribution in [2.75, 3.05) is 23.8 Å². The fourth-order valence-electron chi connectivity index (χ4n) is 2.11. The van der Waals surface area contributed by atoms with Crippen LogP contribution in [-0.4, -0.2) is 30.3 Å². The van der Waals surface area contributed by atoms with Gasteiger partial charge in [-0.1, -0.05) is 5.16 Å². The van der Waals surface area contributed by atoms with Gasteiger partial charge in [-0.3, -0.25) is 10.1 Å². The van der Waals surface area contributed by atoms with Gasteiger partial charge >= 0.3 is 0 Å². The number of hydrogen-bond acceptors (Lipinski definition) is 6. The monoisotopic (exact) mass is 333 g/mol. The molecule has 1 heterocycles. The zero-order valence-electron chi connectivity index (χ0n) is 14.4. The molecule has 0 aliphatic carbocycles. The summed E-state index contributed by atoms with van der Waals surface area (Å²) < 4.78 is 16.1. The molecule has 1 amide bonds. The van der Waals surface area contributed by atoms with Crippen molar-refractivity contribution >= 4 is 17.5 Å². The number of hydrogen-bond donors (Lipinski definition) is 2. The first-order valence-electron chi connectivity index (χ1n) is 7.93. The summed E-state index contributed by atoms with van der Waals surface area (Å²) in [4.78, 5) is 12.3. The third kappa shape index (κ3) is 4.65. The minimum absolute atomic E-state index is 0.240. The first-order valence-corrected chi connectivity index (χ1v) is 7.93. The van der Waals surface area contributed by atoms with E-state index in [4.69, 9.17) is 14.0 Å². The van der Waals surface area contributed by atoms with Crippen LogP contribution in [-0.2, 0) is 4.79 Å². The molecule has 2 aromatic rings. The second kappa shape index (κ2) is 8.24. The normalized spacial score (nSPS) is 11.7. The summed E-state index contributed by atoms with van der Waals surface area (Å²) in [6.07, 6.45) is 0. The number of anilines is 2. The van der Waals surface area contributed by atoms with Crippen molar-refractivity contribution in [2.45, 2.75) is 33.7 Å². The largest absolute Gasteiger partial charge is 0.494 e. The van der Waals surface area contributed by atoms with Gasteiger partial charge in [-0.05, 0) is 39.8 Å². The predicted molar refractivity (Wildman–Crippen MR) is 91.7 cm³/mol. The number of nitrogens with zero attached hydrogens (tertiary/aromatic N) is 1. The van der Waals surface area contributed by atoms with Gasteiger partial charge < -0.3 is 19.3 Å². The summed E-state index contributed by atoms with van der Waals surface area (Å²) in [5.74, 6) is 1.45. The van der Waals surface area contributed by atoms with Crippen LogP contribution >= 0.6 is 0 Å². The lowest BCUT2D eigenvalue weighted by atomic mass is 10.2. The van der Waals surface area contributed by atoms with Crippen molar-refractivity contribution < 1.29 is 18.8 Å². The molecule has 1 aromatic carbocycles. The molecule has 0 aliphatic heterocycles. The van der Waals surface area contributed by atoms with E-state index in [9.17, 15) is 4.79 Å². The molecule has 0 saturated heterocycles. The number of carbonyl (C=O) groups excluding carboxylic acids is 1. The summed E-state index contributed by atoms with van der Waals surface area (Å²) in [7, 11) is 0. The Labute approximate surface area is 141 Å². The summed E-state index contributed by atoms with van der Waals surface area (Å²) in [5.41, 5.74) is 1.40. The molecular formula is C17H23N3O4. The number of ether oxygens (including phenoxy) is 2. The van der Waals surface area contributed by atoms with E-state index in [1.807, 2.05) is 32.0 Å². The Kier molecular flexibility index (Phi) is 6.06. The second-order valence-corrected chi connectivity index (χ2v) is 5.21. The van der Waals surface area contributed by atoms with Gasteiger partial charge in [0.1, 0.15) is 17.5 Å². The highest BCUT2D eigenvalue weighted by atomic mass is 16.5. The number of nitrogens with one attached hydrogen (secondary N) is 2. The number of aryl methyl sites for hydroxylation is 1. The van der Waals surface area contributed by atoms with E-state index < -0.39 is 6.04 Å². The van der Waals surface area contributed by atoms with Crippen molar-refractivity contribution in [3.63, 3.8) is 0 Å². The van der Waals surface area contributed by atoms with Gasteiger partial charge in [0.25, 0.3) is 0 Å². The first-order chi connectivity index (χ1) is 11.5. The van der Waals surface area contributed by atoms with Crippen LogP contribution in [0.1, 0.15) is 26.5 Å². The minimum Gasteiger partial charge on any atom is -0.494 e. The number of carbonyl (C=O) groups is 1. The number of amides is 1. The highest BCUT2D eigenvalue weighted by Gasteiger charge is 2.17. The zero-order valence-corrected chi connectivity index (χ0v) is 14.4. The molecule has 1 aromatic heterocycles. The molecule has 7 nitrogen and oxygen atoms in total. The predicted octanol–water partition coefficient (Wildman–Crippen LogP) is 3.22. The molecule has 24 heavy (non-hydrogen) atoms. The highest BCUT2D eigenvalue weighted by Crippen LogP contribution is 2.30. The average Bonchev–Trinajstić information content (AvgIpc) is 2.95. The van der Waals surface area contributed by atoms with Crippen molar-refractivity contribution in [2.24, 2.45) is 0 Å². The smallest absolute Gasteiger partial charge is 0.248 e. The second-order valence-electron chi connectivity index (χ2n) is 5.21. The molecule has 2 rings (SSSR count). The van der Waals surface area contributed by atoms with E-state index in [0.717, 1.165) is 0 Å². The lowest BCUT2D eigenvalue weighted by Crippen LogP contribution is -2.31. The molecular weight excluding hydrogens is 310 g/mol. The SMILES string of the molecule is CCOc1ccc(OCC)c(N[C@H](C)C(=O)Nc2cc(C)no2)c1. The molecule has 0 aliphatic rings. The fraction of sp³-hybridized carbons (Fsp3) is 0.412. The number of benzene rings is 1. The molecule has 0 fully saturated rings. The van der Waals surface area contributed by atoms with E-state index in [2.05, 4.69) is 15.8 Å². The maximum atomic E-state index is 12.3. The Balaban J connectivity index is 2.09. The zero-order chi connectivity index (χ0) is 17.5. The van der Waals surface area contributed by atoms with Crippen LogP contribution < -0.4 is 20.1 Å². The maximum absolute atomic E-state index is 12.3. The summed E-state index contributed by atoms with van der Waals surface area (Å²) in [5, 5.41) is 9.55. The molecule has 0 radical (unpaired) electrons. The Morgan fingerprint density at radius 1 is 1.25 bits per heavy atom. The molecule has 0 saturated carbocycles. The fourth-order valence-corrected chi connectivity index (χ4v) is 2.11. The van der Waals surface area contributed by atoms with Crippen LogP contribution in [0.4, 0.5) is 11.6 Å². The van der Waals surface area contributed by atoms with Crippen molar-refractivity contribution in [3.05, 3.63) is 30.0 Å². The summed E-state index contributed by atoms with van der Waals surface area (Å²) in [6.45, 7) is 8.45. The van der Waals surface area contributed by atoms with Gasteiger partial charge in [0, 0.05) is 12.1 Å². The van der Waals surface area contributed by atoms with Gasteiger partial charge in [-0.2, -0.15) is 0 Å². The van der Waals surface area contributed by atoms with Gasteiger partial charge in [0.2, 0.25) is 11.8 Å². The van der Waals surface area contributed by atoms with E-state index in [-0.39, 0.29) is 5.91 Å².